The fourth-order valence-electron chi connectivity index (χ4n) is 4.38. The average molecular weight is 470 g/mol. The minimum Gasteiger partial charge on any atom is -0.383 e. The van der Waals surface area contributed by atoms with Gasteiger partial charge < -0.3 is 15.0 Å². The number of aryl methyl sites for hydroxylation is 1. The number of anilines is 3. The largest absolute Gasteiger partial charge is 0.383 e. The van der Waals surface area contributed by atoms with Gasteiger partial charge in [-0.25, -0.2) is 9.97 Å². The van der Waals surface area contributed by atoms with Crippen LogP contribution < -0.4 is 10.2 Å². The molecule has 0 amide bonds. The van der Waals surface area contributed by atoms with Crippen LogP contribution >= 0.6 is 0 Å². The highest BCUT2D eigenvalue weighted by molar-refractivity contribution is 6.01. The van der Waals surface area contributed by atoms with E-state index in [-0.39, 0.29) is 0 Å². The number of aromatic amines is 1. The van der Waals surface area contributed by atoms with Crippen molar-refractivity contribution in [2.45, 2.75) is 6.92 Å². The lowest BCUT2D eigenvalue weighted by atomic mass is 10.1. The molecule has 0 radical (unpaired) electrons. The minimum atomic E-state index is 0.651. The van der Waals surface area contributed by atoms with E-state index < -0.39 is 0 Å². The summed E-state index contributed by atoms with van der Waals surface area (Å²) in [5.74, 6) is 2.14. The smallest absolute Gasteiger partial charge is 0.154 e. The van der Waals surface area contributed by atoms with Crippen molar-refractivity contribution < 1.29 is 4.74 Å². The number of hydrogen-bond donors (Lipinski definition) is 2. The molecule has 2 N–H and O–H groups in total. The zero-order valence-corrected chi connectivity index (χ0v) is 20.2. The number of fused-ring (bicyclic) bond motifs is 1. The topological polar surface area (TPSA) is 82.2 Å². The van der Waals surface area contributed by atoms with E-state index in [0.717, 1.165) is 78.8 Å². The fraction of sp³-hybridized carbons (Fsp3) is 0.296. The zero-order valence-electron chi connectivity index (χ0n) is 20.2. The van der Waals surface area contributed by atoms with E-state index in [1.54, 1.807) is 7.11 Å². The molecule has 3 heterocycles. The Labute approximate surface area is 205 Å². The Morgan fingerprint density at radius 2 is 1.83 bits per heavy atom. The maximum absolute atomic E-state index is 5.25. The molecular formula is C27H31N7O. The van der Waals surface area contributed by atoms with E-state index in [1.807, 2.05) is 43.3 Å². The van der Waals surface area contributed by atoms with Gasteiger partial charge in [0.05, 0.1) is 17.5 Å². The summed E-state index contributed by atoms with van der Waals surface area (Å²) in [5.41, 5.74) is 4.14. The first kappa shape index (κ1) is 23.0. The van der Waals surface area contributed by atoms with Gasteiger partial charge in [0.1, 0.15) is 5.82 Å². The van der Waals surface area contributed by atoms with Gasteiger partial charge in [0.25, 0.3) is 0 Å². The Balaban J connectivity index is 1.50. The van der Waals surface area contributed by atoms with Crippen molar-refractivity contribution in [3.63, 3.8) is 0 Å². The summed E-state index contributed by atoms with van der Waals surface area (Å²) < 4.78 is 5.25. The van der Waals surface area contributed by atoms with E-state index in [9.17, 15) is 0 Å². The van der Waals surface area contributed by atoms with E-state index >= 15 is 0 Å². The van der Waals surface area contributed by atoms with Crippen LogP contribution in [-0.2, 0) is 4.74 Å². The normalized spacial score (nSPS) is 14.7. The van der Waals surface area contributed by atoms with Gasteiger partial charge >= 0.3 is 0 Å². The maximum Gasteiger partial charge on any atom is 0.154 e. The molecule has 8 nitrogen and oxygen atoms in total. The Bertz CT molecular complexity index is 1290. The molecule has 0 unspecified atom stereocenters. The molecule has 0 bridgehead atoms. The van der Waals surface area contributed by atoms with Crippen LogP contribution in [0.4, 0.5) is 17.3 Å². The number of rotatable bonds is 8. The summed E-state index contributed by atoms with van der Waals surface area (Å²) in [6.45, 7) is 7.60. The minimum absolute atomic E-state index is 0.651. The number of aromatic nitrogens is 4. The molecule has 0 saturated carbocycles. The first-order chi connectivity index (χ1) is 17.2. The van der Waals surface area contributed by atoms with Gasteiger partial charge in [-0.15, -0.1) is 0 Å². The predicted octanol–water partition coefficient (Wildman–Crippen LogP) is 4.34. The fourth-order valence-corrected chi connectivity index (χ4v) is 4.38. The van der Waals surface area contributed by atoms with E-state index in [1.165, 1.54) is 0 Å². The highest BCUT2D eigenvalue weighted by atomic mass is 16.5. The number of nitrogens with zero attached hydrogens (tertiary/aromatic N) is 5. The number of piperazine rings is 1. The van der Waals surface area contributed by atoms with Crippen LogP contribution in [0.1, 0.15) is 17.1 Å². The third-order valence-electron chi connectivity index (χ3n) is 6.22. The first-order valence-electron chi connectivity index (χ1n) is 12.0. The summed E-state index contributed by atoms with van der Waals surface area (Å²) in [6, 6.07) is 18.5. The standard InChI is InChI=1S/C27H31N7O/c1-20-19-25(32-31-20)30-27-26-22(28-24(29-27)12-11-21-7-4-3-5-8-21)9-6-10-23(26)34-15-13-33(14-16-34)17-18-35-2/h3-12,19H,13-18H2,1-2H3,(H2,28,29,30,31,32)/b12-11+. The predicted molar refractivity (Wildman–Crippen MR) is 142 cm³/mol. The molecule has 0 atom stereocenters. The molecule has 2 aromatic heterocycles. The van der Waals surface area contributed by atoms with Crippen LogP contribution in [0.2, 0.25) is 0 Å². The maximum atomic E-state index is 5.25. The Hall–Kier alpha value is -3.75. The molecule has 2 aromatic carbocycles. The Morgan fingerprint density at radius 1 is 1.00 bits per heavy atom. The molecule has 4 aromatic rings. The highest BCUT2D eigenvalue weighted by Gasteiger charge is 2.21. The van der Waals surface area contributed by atoms with Crippen LogP contribution in [0.3, 0.4) is 0 Å². The van der Waals surface area contributed by atoms with Crippen molar-refractivity contribution in [2.24, 2.45) is 0 Å². The molecule has 1 aliphatic heterocycles. The van der Waals surface area contributed by atoms with E-state index in [4.69, 9.17) is 14.7 Å². The van der Waals surface area contributed by atoms with Crippen LogP contribution in [0.25, 0.3) is 23.1 Å². The van der Waals surface area contributed by atoms with Crippen molar-refractivity contribution in [1.82, 2.24) is 25.1 Å². The lowest BCUT2D eigenvalue weighted by Crippen LogP contribution is -2.47. The van der Waals surface area contributed by atoms with Crippen LogP contribution in [0.5, 0.6) is 0 Å². The lowest BCUT2D eigenvalue weighted by Gasteiger charge is -2.36. The van der Waals surface area contributed by atoms with Gasteiger partial charge in [-0.05, 0) is 30.7 Å². The molecule has 35 heavy (non-hydrogen) atoms. The number of nitrogens with one attached hydrogen (secondary N) is 2. The van der Waals surface area contributed by atoms with Crippen molar-refractivity contribution >= 4 is 40.4 Å². The first-order valence-corrected chi connectivity index (χ1v) is 12.0. The second-order valence-electron chi connectivity index (χ2n) is 8.73. The van der Waals surface area contributed by atoms with E-state index in [0.29, 0.717) is 5.82 Å². The molecule has 1 saturated heterocycles. The van der Waals surface area contributed by atoms with Gasteiger partial charge in [0.2, 0.25) is 0 Å². The number of ether oxygens (including phenoxy) is 1. The molecule has 0 spiro atoms. The van der Waals surface area contributed by atoms with Gasteiger partial charge in [0, 0.05) is 57.3 Å². The number of H-pyrrole nitrogens is 1. The molecule has 8 heteroatoms. The number of methoxy groups -OCH3 is 1. The quantitative estimate of drug-likeness (QED) is 0.397. The summed E-state index contributed by atoms with van der Waals surface area (Å²) in [7, 11) is 1.75. The monoisotopic (exact) mass is 469 g/mol. The average Bonchev–Trinajstić information content (AvgIpc) is 3.31. The van der Waals surface area contributed by atoms with Crippen LogP contribution in [-0.4, -0.2) is 71.5 Å². The van der Waals surface area contributed by atoms with Gasteiger partial charge in [-0.2, -0.15) is 5.10 Å². The summed E-state index contributed by atoms with van der Waals surface area (Å²) in [5, 5.41) is 11.8. The second kappa shape index (κ2) is 10.7. The molecule has 5 rings (SSSR count). The molecule has 0 aliphatic carbocycles. The molecule has 180 valence electrons. The Morgan fingerprint density at radius 3 is 2.57 bits per heavy atom. The van der Waals surface area contributed by atoms with E-state index in [2.05, 4.69) is 55.6 Å². The van der Waals surface area contributed by atoms with Crippen LogP contribution in [0, 0.1) is 6.92 Å². The highest BCUT2D eigenvalue weighted by Crippen LogP contribution is 2.33. The lowest BCUT2D eigenvalue weighted by molar-refractivity contribution is 0.144. The third-order valence-corrected chi connectivity index (χ3v) is 6.22. The Kier molecular flexibility index (Phi) is 7.02. The second-order valence-corrected chi connectivity index (χ2v) is 8.73. The van der Waals surface area contributed by atoms with Gasteiger partial charge in [0.15, 0.2) is 11.6 Å². The van der Waals surface area contributed by atoms with Crippen molar-refractivity contribution in [1.29, 1.82) is 0 Å². The number of hydrogen-bond acceptors (Lipinski definition) is 7. The van der Waals surface area contributed by atoms with Gasteiger partial charge in [-0.1, -0.05) is 42.5 Å². The zero-order chi connectivity index (χ0) is 24.0. The van der Waals surface area contributed by atoms with Crippen molar-refractivity contribution in [3.8, 4) is 0 Å². The van der Waals surface area contributed by atoms with Gasteiger partial charge in [-0.3, -0.25) is 10.00 Å². The third kappa shape index (κ3) is 5.50. The van der Waals surface area contributed by atoms with Crippen LogP contribution in [0.15, 0.2) is 54.6 Å². The SMILES string of the molecule is COCCN1CCN(c2cccc3nc(/C=C/c4ccccc4)nc(Nc4cc(C)[nH]n4)c23)CC1. The molecule has 1 fully saturated rings. The molecular weight excluding hydrogens is 438 g/mol. The summed E-state index contributed by atoms with van der Waals surface area (Å²) in [4.78, 5) is 14.7. The van der Waals surface area contributed by atoms with Crippen molar-refractivity contribution in [3.05, 3.63) is 71.7 Å². The van der Waals surface area contributed by atoms with Crippen molar-refractivity contribution in [2.75, 3.05) is 56.7 Å². The molecule has 1 aliphatic rings. The number of benzene rings is 2. The summed E-state index contributed by atoms with van der Waals surface area (Å²) >= 11 is 0. The summed E-state index contributed by atoms with van der Waals surface area (Å²) in [6.07, 6.45) is 3.99.